The highest BCUT2D eigenvalue weighted by Gasteiger charge is 2.37. The zero-order valence-corrected chi connectivity index (χ0v) is 16.4. The molecule has 1 amide bonds. The third-order valence-corrected chi connectivity index (χ3v) is 6.04. The fourth-order valence-corrected chi connectivity index (χ4v) is 4.66. The second-order valence-corrected chi connectivity index (χ2v) is 8.17. The van der Waals surface area contributed by atoms with Crippen LogP contribution < -0.4 is 5.32 Å². The Morgan fingerprint density at radius 3 is 2.64 bits per heavy atom. The van der Waals surface area contributed by atoms with E-state index in [1.54, 1.807) is 40.1 Å². The average molecular weight is 416 g/mol. The number of nitrogens with one attached hydrogen (secondary N) is 1. The van der Waals surface area contributed by atoms with E-state index < -0.39 is 4.92 Å². The second kappa shape index (κ2) is 7.82. The van der Waals surface area contributed by atoms with Gasteiger partial charge in [-0.3, -0.25) is 19.8 Å². The lowest BCUT2D eigenvalue weighted by Gasteiger charge is -2.30. The summed E-state index contributed by atoms with van der Waals surface area (Å²) >= 11 is 6.74. The predicted molar refractivity (Wildman–Crippen MR) is 111 cm³/mol. The summed E-state index contributed by atoms with van der Waals surface area (Å²) in [7, 11) is 0. The molecule has 2 saturated heterocycles. The number of thiocarbonyl (C=S) groups is 1. The fraction of sp³-hybridized carbons (Fsp3) is 0.278. The molecule has 8 nitrogen and oxygen atoms in total. The fourth-order valence-electron chi connectivity index (χ4n) is 3.28. The molecule has 2 aromatic rings. The maximum absolute atomic E-state index is 12.8. The number of carbonyl (C=O) groups is 1. The molecular weight excluding hydrogens is 398 g/mol. The van der Waals surface area contributed by atoms with Crippen molar-refractivity contribution in [2.24, 2.45) is 0 Å². The number of piperidine rings is 1. The van der Waals surface area contributed by atoms with Crippen LogP contribution in [0.2, 0.25) is 0 Å². The Hall–Kier alpha value is -2.56. The first-order valence-electron chi connectivity index (χ1n) is 8.81. The number of nitrogens with zero attached hydrogens (tertiary/aromatic N) is 4. The molecule has 1 N–H and O–H groups in total. The SMILES string of the molecule is O=C1/C(=C/c2ccn(-c3ccc([N+](=O)[O-])cc3)n2)SC(=S)N1C1CCNCC1. The summed E-state index contributed by atoms with van der Waals surface area (Å²) in [5, 5.41) is 18.5. The highest BCUT2D eigenvalue weighted by Crippen LogP contribution is 2.35. The van der Waals surface area contributed by atoms with Gasteiger partial charge in [0.05, 0.1) is 21.2 Å². The minimum Gasteiger partial charge on any atom is -0.317 e. The van der Waals surface area contributed by atoms with Crippen molar-refractivity contribution in [2.45, 2.75) is 18.9 Å². The number of rotatable bonds is 4. The van der Waals surface area contributed by atoms with Crippen molar-refractivity contribution in [1.82, 2.24) is 20.0 Å². The summed E-state index contributed by atoms with van der Waals surface area (Å²) in [5.74, 6) is -0.0632. The molecule has 0 saturated carbocycles. The molecule has 2 aliphatic rings. The van der Waals surface area contributed by atoms with Gasteiger partial charge in [-0.25, -0.2) is 4.68 Å². The highest BCUT2D eigenvalue weighted by molar-refractivity contribution is 8.26. The van der Waals surface area contributed by atoms with E-state index in [0.717, 1.165) is 25.9 Å². The number of carbonyl (C=O) groups excluding carboxylic acids is 1. The Balaban J connectivity index is 1.52. The molecule has 10 heteroatoms. The molecule has 0 atom stereocenters. The molecular formula is C18H17N5O3S2. The van der Waals surface area contributed by atoms with Crippen molar-refractivity contribution in [2.75, 3.05) is 13.1 Å². The third kappa shape index (κ3) is 3.71. The summed E-state index contributed by atoms with van der Waals surface area (Å²) in [5.41, 5.74) is 1.36. The summed E-state index contributed by atoms with van der Waals surface area (Å²) in [6.45, 7) is 1.78. The molecule has 1 aromatic heterocycles. The quantitative estimate of drug-likeness (QED) is 0.355. The van der Waals surface area contributed by atoms with Gasteiger partial charge in [-0.15, -0.1) is 0 Å². The Bertz CT molecular complexity index is 964. The molecule has 28 heavy (non-hydrogen) atoms. The monoisotopic (exact) mass is 415 g/mol. The topological polar surface area (TPSA) is 93.3 Å². The van der Waals surface area contributed by atoms with Crippen LogP contribution in [0.1, 0.15) is 18.5 Å². The van der Waals surface area contributed by atoms with Crippen LogP contribution in [0.3, 0.4) is 0 Å². The lowest BCUT2D eigenvalue weighted by molar-refractivity contribution is -0.384. The largest absolute Gasteiger partial charge is 0.317 e. The minimum atomic E-state index is -0.442. The Morgan fingerprint density at radius 1 is 1.25 bits per heavy atom. The van der Waals surface area contributed by atoms with Crippen molar-refractivity contribution in [3.8, 4) is 5.69 Å². The van der Waals surface area contributed by atoms with Gasteiger partial charge in [-0.05, 0) is 50.2 Å². The van der Waals surface area contributed by atoms with E-state index in [1.165, 1.54) is 23.9 Å². The first-order chi connectivity index (χ1) is 13.5. The molecule has 3 heterocycles. The Morgan fingerprint density at radius 2 is 1.96 bits per heavy atom. The molecule has 0 bridgehead atoms. The number of benzene rings is 1. The van der Waals surface area contributed by atoms with Crippen molar-refractivity contribution in [3.05, 3.63) is 57.2 Å². The van der Waals surface area contributed by atoms with Gasteiger partial charge < -0.3 is 5.32 Å². The van der Waals surface area contributed by atoms with Crippen molar-refractivity contribution in [3.63, 3.8) is 0 Å². The van der Waals surface area contributed by atoms with Crippen LogP contribution in [-0.2, 0) is 4.79 Å². The number of aromatic nitrogens is 2. The molecule has 144 valence electrons. The van der Waals surface area contributed by atoms with Crippen molar-refractivity contribution in [1.29, 1.82) is 0 Å². The summed E-state index contributed by atoms with van der Waals surface area (Å²) in [4.78, 5) is 25.5. The van der Waals surface area contributed by atoms with Crippen molar-refractivity contribution >= 4 is 46.0 Å². The molecule has 1 aromatic carbocycles. The molecule has 2 aliphatic heterocycles. The zero-order valence-electron chi connectivity index (χ0n) is 14.8. The molecule has 0 unspecified atom stereocenters. The number of non-ortho nitro benzene ring substituents is 1. The van der Waals surface area contributed by atoms with Gasteiger partial charge in [0.25, 0.3) is 11.6 Å². The molecule has 4 rings (SSSR count). The average Bonchev–Trinajstić information content (AvgIpc) is 3.27. The standard InChI is InChI=1S/C18H17N5O3S2/c24-17-16(28-18(27)22(17)14-5-8-19-9-6-14)11-12-7-10-21(20-12)13-1-3-15(4-2-13)23(25)26/h1-4,7,10-11,14,19H,5-6,8-9H2/b16-11-. The number of thioether (sulfide) groups is 1. The van der Waals surface area contributed by atoms with Crippen LogP contribution in [-0.4, -0.2) is 49.0 Å². The van der Waals surface area contributed by atoms with E-state index in [-0.39, 0.29) is 17.6 Å². The van der Waals surface area contributed by atoms with Gasteiger partial charge in [0.2, 0.25) is 0 Å². The predicted octanol–water partition coefficient (Wildman–Crippen LogP) is 2.73. The zero-order chi connectivity index (χ0) is 19.7. The van der Waals surface area contributed by atoms with Crippen LogP contribution in [0.15, 0.2) is 41.4 Å². The number of amides is 1. The van der Waals surface area contributed by atoms with E-state index in [0.29, 0.717) is 20.6 Å². The van der Waals surface area contributed by atoms with Gasteiger partial charge in [0, 0.05) is 24.4 Å². The number of nitro benzene ring substituents is 1. The van der Waals surface area contributed by atoms with E-state index >= 15 is 0 Å². The van der Waals surface area contributed by atoms with Crippen LogP contribution in [0.5, 0.6) is 0 Å². The van der Waals surface area contributed by atoms with Crippen molar-refractivity contribution < 1.29 is 9.72 Å². The number of hydrogen-bond acceptors (Lipinski definition) is 7. The molecule has 0 aliphatic carbocycles. The van der Waals surface area contributed by atoms with E-state index in [2.05, 4.69) is 10.4 Å². The molecule has 0 radical (unpaired) electrons. The Labute approximate surface area is 170 Å². The minimum absolute atomic E-state index is 0.0257. The summed E-state index contributed by atoms with van der Waals surface area (Å²) in [6.07, 6.45) is 5.28. The van der Waals surface area contributed by atoms with Crippen LogP contribution >= 0.6 is 24.0 Å². The van der Waals surface area contributed by atoms with Gasteiger partial charge in [0.15, 0.2) is 0 Å². The highest BCUT2D eigenvalue weighted by atomic mass is 32.2. The van der Waals surface area contributed by atoms with Crippen LogP contribution in [0.25, 0.3) is 11.8 Å². The lowest BCUT2D eigenvalue weighted by atomic mass is 10.1. The van der Waals surface area contributed by atoms with Crippen LogP contribution in [0.4, 0.5) is 5.69 Å². The van der Waals surface area contributed by atoms with Crippen LogP contribution in [0, 0.1) is 10.1 Å². The summed E-state index contributed by atoms with van der Waals surface area (Å²) < 4.78 is 2.21. The lowest BCUT2D eigenvalue weighted by Crippen LogP contribution is -2.45. The normalized spacial score (nSPS) is 19.6. The second-order valence-electron chi connectivity index (χ2n) is 6.49. The smallest absolute Gasteiger partial charge is 0.269 e. The molecule has 2 fully saturated rings. The van der Waals surface area contributed by atoms with Gasteiger partial charge in [-0.1, -0.05) is 24.0 Å². The number of nitro groups is 1. The van der Waals surface area contributed by atoms with Gasteiger partial charge in [0.1, 0.15) is 4.32 Å². The first-order valence-corrected chi connectivity index (χ1v) is 10.0. The van der Waals surface area contributed by atoms with E-state index in [9.17, 15) is 14.9 Å². The van der Waals surface area contributed by atoms with E-state index in [4.69, 9.17) is 12.2 Å². The van der Waals surface area contributed by atoms with Gasteiger partial charge in [-0.2, -0.15) is 5.10 Å². The Kier molecular flexibility index (Phi) is 5.25. The van der Waals surface area contributed by atoms with E-state index in [1.807, 2.05) is 0 Å². The van der Waals surface area contributed by atoms with Gasteiger partial charge >= 0.3 is 0 Å². The molecule has 0 spiro atoms. The maximum Gasteiger partial charge on any atom is 0.269 e. The summed E-state index contributed by atoms with van der Waals surface area (Å²) in [6, 6.07) is 8.06. The number of hydrogen-bond donors (Lipinski definition) is 1. The third-order valence-electron chi connectivity index (χ3n) is 4.71. The first kappa shape index (κ1) is 18.8. The maximum atomic E-state index is 12.8.